The maximum atomic E-state index is 12.6. The molecule has 0 fully saturated rings. The molecule has 0 atom stereocenters. The van der Waals surface area contributed by atoms with Crippen LogP contribution < -0.4 is 19.5 Å². The van der Waals surface area contributed by atoms with Crippen LogP contribution in [-0.2, 0) is 18.0 Å². The third-order valence-electron chi connectivity index (χ3n) is 5.82. The fourth-order valence-corrected chi connectivity index (χ4v) is 3.70. The summed E-state index contributed by atoms with van der Waals surface area (Å²) in [7, 11) is 1.61. The number of hydrogen-bond acceptors (Lipinski definition) is 5. The van der Waals surface area contributed by atoms with Gasteiger partial charge in [-0.15, -0.1) is 0 Å². The first-order chi connectivity index (χ1) is 18.6. The second kappa shape index (κ2) is 12.8. The number of methoxy groups -OCH3 is 1. The van der Waals surface area contributed by atoms with Crippen LogP contribution in [0.3, 0.4) is 0 Å². The number of amides is 1. The number of nitrogens with one attached hydrogen (secondary N) is 1. The van der Waals surface area contributed by atoms with E-state index in [-0.39, 0.29) is 5.57 Å². The SMILES string of the molecule is COc1cc(COc2ccc(/C=C(/C#N)C(=O)Nc3ccccc3C)cc2)ccc1OCc1ccccc1. The van der Waals surface area contributed by atoms with Crippen molar-refractivity contribution in [3.8, 4) is 23.3 Å². The summed E-state index contributed by atoms with van der Waals surface area (Å²) in [5.74, 6) is 1.51. The van der Waals surface area contributed by atoms with Gasteiger partial charge in [-0.3, -0.25) is 4.79 Å². The second-order valence-electron chi connectivity index (χ2n) is 8.56. The molecule has 0 aliphatic heterocycles. The van der Waals surface area contributed by atoms with E-state index >= 15 is 0 Å². The van der Waals surface area contributed by atoms with E-state index < -0.39 is 5.91 Å². The first-order valence-corrected chi connectivity index (χ1v) is 12.1. The Morgan fingerprint density at radius 3 is 2.26 bits per heavy atom. The lowest BCUT2D eigenvalue weighted by molar-refractivity contribution is -0.112. The van der Waals surface area contributed by atoms with Crippen LogP contribution in [0.4, 0.5) is 5.69 Å². The lowest BCUT2D eigenvalue weighted by atomic mass is 10.1. The zero-order chi connectivity index (χ0) is 26.7. The molecule has 4 aromatic rings. The number of nitrogens with zero attached hydrogens (tertiary/aromatic N) is 1. The maximum Gasteiger partial charge on any atom is 0.266 e. The molecule has 0 aromatic heterocycles. The number of anilines is 1. The first kappa shape index (κ1) is 26.1. The van der Waals surface area contributed by atoms with E-state index in [0.29, 0.717) is 36.1 Å². The Morgan fingerprint density at radius 1 is 0.842 bits per heavy atom. The molecular weight excluding hydrogens is 476 g/mol. The third kappa shape index (κ3) is 7.02. The zero-order valence-electron chi connectivity index (χ0n) is 21.3. The van der Waals surface area contributed by atoms with Gasteiger partial charge in [0.1, 0.15) is 30.6 Å². The molecule has 0 unspecified atom stereocenters. The molecule has 4 rings (SSSR count). The van der Waals surface area contributed by atoms with Crippen molar-refractivity contribution in [3.63, 3.8) is 0 Å². The van der Waals surface area contributed by atoms with Gasteiger partial charge in [-0.1, -0.05) is 66.7 Å². The molecular formula is C32H28N2O4. The van der Waals surface area contributed by atoms with E-state index in [2.05, 4.69) is 5.32 Å². The number of carbonyl (C=O) groups is 1. The van der Waals surface area contributed by atoms with Crippen molar-refractivity contribution in [2.24, 2.45) is 0 Å². The molecule has 0 heterocycles. The maximum absolute atomic E-state index is 12.6. The summed E-state index contributed by atoms with van der Waals surface area (Å²) >= 11 is 0. The quantitative estimate of drug-likeness (QED) is 0.192. The fraction of sp³-hybridized carbons (Fsp3) is 0.125. The highest BCUT2D eigenvalue weighted by Gasteiger charge is 2.11. The molecule has 190 valence electrons. The van der Waals surface area contributed by atoms with Gasteiger partial charge < -0.3 is 19.5 Å². The summed E-state index contributed by atoms with van der Waals surface area (Å²) in [5, 5.41) is 12.3. The Balaban J connectivity index is 1.35. The summed E-state index contributed by atoms with van der Waals surface area (Å²) in [6.45, 7) is 2.69. The minimum atomic E-state index is -0.452. The largest absolute Gasteiger partial charge is 0.493 e. The molecule has 0 saturated carbocycles. The van der Waals surface area contributed by atoms with Gasteiger partial charge in [-0.25, -0.2) is 0 Å². The molecule has 0 saturated heterocycles. The average Bonchev–Trinajstić information content (AvgIpc) is 2.96. The van der Waals surface area contributed by atoms with Gasteiger partial charge in [-0.2, -0.15) is 5.26 Å². The van der Waals surface area contributed by atoms with Crippen LogP contribution >= 0.6 is 0 Å². The topological polar surface area (TPSA) is 80.6 Å². The highest BCUT2D eigenvalue weighted by atomic mass is 16.5. The van der Waals surface area contributed by atoms with Crippen LogP contribution in [0.1, 0.15) is 22.3 Å². The predicted octanol–water partition coefficient (Wildman–Crippen LogP) is 6.71. The summed E-state index contributed by atoms with van der Waals surface area (Å²) in [5.41, 5.74) is 4.34. The van der Waals surface area contributed by atoms with Crippen molar-refractivity contribution in [2.45, 2.75) is 20.1 Å². The molecule has 1 amide bonds. The second-order valence-corrected chi connectivity index (χ2v) is 8.56. The lowest BCUT2D eigenvalue weighted by Crippen LogP contribution is -2.14. The van der Waals surface area contributed by atoms with Gasteiger partial charge in [0.25, 0.3) is 5.91 Å². The summed E-state index contributed by atoms with van der Waals surface area (Å²) < 4.78 is 17.4. The summed E-state index contributed by atoms with van der Waals surface area (Å²) in [6.07, 6.45) is 1.55. The Labute approximate surface area is 222 Å². The molecule has 1 N–H and O–H groups in total. The first-order valence-electron chi connectivity index (χ1n) is 12.1. The van der Waals surface area contributed by atoms with Crippen molar-refractivity contribution < 1.29 is 19.0 Å². The van der Waals surface area contributed by atoms with Crippen LogP contribution in [0.5, 0.6) is 17.2 Å². The Hall–Kier alpha value is -5.02. The van der Waals surface area contributed by atoms with Crippen molar-refractivity contribution in [3.05, 3.63) is 125 Å². The molecule has 0 bridgehead atoms. The number of nitriles is 1. The Kier molecular flexibility index (Phi) is 8.77. The van der Waals surface area contributed by atoms with Crippen molar-refractivity contribution in [1.82, 2.24) is 0 Å². The van der Waals surface area contributed by atoms with Crippen molar-refractivity contribution in [1.29, 1.82) is 5.26 Å². The predicted molar refractivity (Wildman–Crippen MR) is 148 cm³/mol. The van der Waals surface area contributed by atoms with E-state index in [1.165, 1.54) is 0 Å². The molecule has 0 aliphatic rings. The van der Waals surface area contributed by atoms with Crippen LogP contribution in [0.2, 0.25) is 0 Å². The van der Waals surface area contributed by atoms with Crippen molar-refractivity contribution >= 4 is 17.7 Å². The van der Waals surface area contributed by atoms with E-state index in [9.17, 15) is 10.1 Å². The molecule has 0 radical (unpaired) electrons. The van der Waals surface area contributed by atoms with Gasteiger partial charge in [0, 0.05) is 5.69 Å². The van der Waals surface area contributed by atoms with Gasteiger partial charge in [-0.05, 0) is 65.6 Å². The van der Waals surface area contributed by atoms with Crippen LogP contribution in [-0.4, -0.2) is 13.0 Å². The minimum absolute atomic E-state index is 0.0172. The number of rotatable bonds is 10. The molecule has 4 aromatic carbocycles. The number of hydrogen-bond donors (Lipinski definition) is 1. The van der Waals surface area contributed by atoms with Gasteiger partial charge >= 0.3 is 0 Å². The van der Waals surface area contributed by atoms with E-state index in [1.54, 1.807) is 43.5 Å². The molecule has 6 heteroatoms. The van der Waals surface area contributed by atoms with Gasteiger partial charge in [0.05, 0.1) is 7.11 Å². The number of aryl methyl sites for hydroxylation is 1. The number of para-hydroxylation sites is 1. The summed E-state index contributed by atoms with van der Waals surface area (Å²) in [6, 6.07) is 32.3. The van der Waals surface area contributed by atoms with Crippen molar-refractivity contribution in [2.75, 3.05) is 12.4 Å². The van der Waals surface area contributed by atoms with Gasteiger partial charge in [0.2, 0.25) is 0 Å². The third-order valence-corrected chi connectivity index (χ3v) is 5.82. The Bertz CT molecular complexity index is 1460. The zero-order valence-corrected chi connectivity index (χ0v) is 21.3. The lowest BCUT2D eigenvalue weighted by Gasteiger charge is -2.13. The smallest absolute Gasteiger partial charge is 0.266 e. The van der Waals surface area contributed by atoms with E-state index in [1.807, 2.05) is 79.7 Å². The molecule has 6 nitrogen and oxygen atoms in total. The monoisotopic (exact) mass is 504 g/mol. The van der Waals surface area contributed by atoms with E-state index in [0.717, 1.165) is 22.3 Å². The summed E-state index contributed by atoms with van der Waals surface area (Å²) in [4.78, 5) is 12.6. The van der Waals surface area contributed by atoms with Crippen LogP contribution in [0, 0.1) is 18.3 Å². The molecule has 0 aliphatic carbocycles. The van der Waals surface area contributed by atoms with Crippen LogP contribution in [0.15, 0.2) is 103 Å². The minimum Gasteiger partial charge on any atom is -0.493 e. The Morgan fingerprint density at radius 2 is 1.55 bits per heavy atom. The molecule has 38 heavy (non-hydrogen) atoms. The number of benzene rings is 4. The fourth-order valence-electron chi connectivity index (χ4n) is 3.70. The van der Waals surface area contributed by atoms with E-state index in [4.69, 9.17) is 14.2 Å². The normalized spacial score (nSPS) is 10.8. The highest BCUT2D eigenvalue weighted by Crippen LogP contribution is 2.29. The molecule has 0 spiro atoms. The number of carbonyl (C=O) groups excluding carboxylic acids is 1. The van der Waals surface area contributed by atoms with Crippen LogP contribution in [0.25, 0.3) is 6.08 Å². The van der Waals surface area contributed by atoms with Gasteiger partial charge in [0.15, 0.2) is 11.5 Å². The standard InChI is InChI=1S/C32H28N2O4/c1-23-8-6-7-11-29(23)34-32(35)27(20-33)18-24-12-15-28(16-13-24)37-22-26-14-17-30(31(19-26)36-2)38-21-25-9-4-3-5-10-25/h3-19H,21-22H2,1-2H3,(H,34,35)/b27-18-. The average molecular weight is 505 g/mol. The highest BCUT2D eigenvalue weighted by molar-refractivity contribution is 6.09. The number of ether oxygens (including phenoxy) is 3.